The molecule has 2 fully saturated rings. The molecule has 0 radical (unpaired) electrons. The number of hydrogen-bond donors (Lipinski definition) is 1. The lowest BCUT2D eigenvalue weighted by Gasteiger charge is -2.42. The summed E-state index contributed by atoms with van der Waals surface area (Å²) < 4.78 is 42.1. The maximum atomic E-state index is 13.7. The van der Waals surface area contributed by atoms with Crippen LogP contribution in [-0.2, 0) is 4.79 Å². The third-order valence-electron chi connectivity index (χ3n) is 6.63. The number of fused-ring (bicyclic) bond motifs is 1. The summed E-state index contributed by atoms with van der Waals surface area (Å²) in [7, 11) is 0. The van der Waals surface area contributed by atoms with E-state index >= 15 is 0 Å². The molecule has 5 nitrogen and oxygen atoms in total. The Morgan fingerprint density at radius 2 is 1.93 bits per heavy atom. The number of carbonyl (C=O) groups excluding carboxylic acids is 1. The molecule has 0 bridgehead atoms. The summed E-state index contributed by atoms with van der Waals surface area (Å²) in [5.41, 5.74) is 0.579. The predicted molar refractivity (Wildman–Crippen MR) is 100.0 cm³/mol. The van der Waals surface area contributed by atoms with Crippen LogP contribution < -0.4 is 5.32 Å². The van der Waals surface area contributed by atoms with E-state index in [2.05, 4.69) is 10.4 Å². The second-order valence-electron chi connectivity index (χ2n) is 8.68. The molecule has 4 rings (SSSR count). The summed E-state index contributed by atoms with van der Waals surface area (Å²) >= 11 is 0. The molecule has 1 saturated heterocycles. The number of piperidine rings is 1. The lowest BCUT2D eigenvalue weighted by Crippen LogP contribution is -2.50. The third kappa shape index (κ3) is 3.87. The van der Waals surface area contributed by atoms with E-state index in [4.69, 9.17) is 0 Å². The Morgan fingerprint density at radius 1 is 1.18 bits per heavy atom. The summed E-state index contributed by atoms with van der Waals surface area (Å²) in [4.78, 5) is 14.8. The van der Waals surface area contributed by atoms with E-state index in [0.717, 1.165) is 49.8 Å². The van der Waals surface area contributed by atoms with Crippen molar-refractivity contribution in [1.82, 2.24) is 14.7 Å². The number of amides is 1. The molecule has 3 atom stereocenters. The number of alkyl halides is 3. The number of carbonyl (C=O) groups is 1. The number of likely N-dealkylation sites (tertiary alicyclic amines) is 1. The Hall–Kier alpha value is -1.73. The van der Waals surface area contributed by atoms with Gasteiger partial charge in [-0.3, -0.25) is 4.79 Å². The molecule has 1 saturated carbocycles. The van der Waals surface area contributed by atoms with Crippen LogP contribution in [0, 0.1) is 18.8 Å². The van der Waals surface area contributed by atoms with Crippen LogP contribution >= 0.6 is 0 Å². The quantitative estimate of drug-likeness (QED) is 0.808. The smallest absolute Gasteiger partial charge is 0.367 e. The number of hydrogen-bond acceptors (Lipinski definition) is 3. The van der Waals surface area contributed by atoms with Crippen LogP contribution in [0.1, 0.15) is 63.1 Å². The highest BCUT2D eigenvalue weighted by Gasteiger charge is 2.48. The fraction of sp³-hybridized carbons (Fsp3) is 0.800. The molecule has 1 N–H and O–H groups in total. The largest absolute Gasteiger partial charge is 0.410 e. The van der Waals surface area contributed by atoms with Gasteiger partial charge in [0.2, 0.25) is 5.91 Å². The van der Waals surface area contributed by atoms with Gasteiger partial charge in [0.1, 0.15) is 5.82 Å². The molecule has 3 aliphatic rings. The molecule has 1 unspecified atom stereocenters. The highest BCUT2D eigenvalue weighted by atomic mass is 19.4. The minimum Gasteiger partial charge on any atom is -0.367 e. The molecular formula is C20H29F3N4O. The van der Waals surface area contributed by atoms with Crippen molar-refractivity contribution < 1.29 is 18.0 Å². The average molecular weight is 398 g/mol. The van der Waals surface area contributed by atoms with E-state index < -0.39 is 12.2 Å². The molecule has 2 aliphatic heterocycles. The third-order valence-corrected chi connectivity index (χ3v) is 6.63. The first-order chi connectivity index (χ1) is 13.3. The Morgan fingerprint density at radius 3 is 2.64 bits per heavy atom. The Bertz CT molecular complexity index is 711. The van der Waals surface area contributed by atoms with Gasteiger partial charge in [-0.2, -0.15) is 18.3 Å². The van der Waals surface area contributed by atoms with Gasteiger partial charge in [0.25, 0.3) is 0 Å². The fourth-order valence-electron chi connectivity index (χ4n) is 5.18. The summed E-state index contributed by atoms with van der Waals surface area (Å²) in [6.45, 7) is 3.00. The monoisotopic (exact) mass is 398 g/mol. The number of halogens is 3. The number of nitrogens with zero attached hydrogens (tertiary/aromatic N) is 3. The first kappa shape index (κ1) is 19.6. The number of aryl methyl sites for hydroxylation is 1. The summed E-state index contributed by atoms with van der Waals surface area (Å²) in [6.07, 6.45) is 2.66. The van der Waals surface area contributed by atoms with Gasteiger partial charge in [-0.15, -0.1) is 0 Å². The zero-order chi connectivity index (χ0) is 19.9. The molecule has 1 aromatic rings. The van der Waals surface area contributed by atoms with Crippen molar-refractivity contribution >= 4 is 11.7 Å². The molecule has 156 valence electrons. The Balaban J connectivity index is 1.48. The fourth-order valence-corrected chi connectivity index (χ4v) is 5.18. The van der Waals surface area contributed by atoms with Crippen LogP contribution in [0.2, 0.25) is 0 Å². The van der Waals surface area contributed by atoms with Crippen molar-refractivity contribution in [2.45, 2.75) is 76.6 Å². The van der Waals surface area contributed by atoms with Crippen LogP contribution in [-0.4, -0.2) is 45.9 Å². The molecule has 28 heavy (non-hydrogen) atoms. The zero-order valence-corrected chi connectivity index (χ0v) is 16.3. The number of anilines is 1. The lowest BCUT2D eigenvalue weighted by molar-refractivity contribution is -0.175. The van der Waals surface area contributed by atoms with Gasteiger partial charge in [0.15, 0.2) is 6.04 Å². The molecule has 8 heteroatoms. The molecule has 1 aliphatic carbocycles. The first-order valence-electron chi connectivity index (χ1n) is 10.5. The highest BCUT2D eigenvalue weighted by molar-refractivity contribution is 5.79. The maximum absolute atomic E-state index is 13.7. The second-order valence-corrected chi connectivity index (χ2v) is 8.68. The summed E-state index contributed by atoms with van der Waals surface area (Å²) in [5.74, 6) is 0.800. The van der Waals surface area contributed by atoms with Gasteiger partial charge in [-0.1, -0.05) is 19.3 Å². The molecular weight excluding hydrogens is 369 g/mol. The topological polar surface area (TPSA) is 50.2 Å². The first-order valence-corrected chi connectivity index (χ1v) is 10.5. The summed E-state index contributed by atoms with van der Waals surface area (Å²) in [6, 6.07) is -0.220. The van der Waals surface area contributed by atoms with Gasteiger partial charge in [0, 0.05) is 31.1 Å². The normalized spacial score (nSPS) is 29.3. The lowest BCUT2D eigenvalue weighted by atomic mass is 9.84. The molecule has 3 heterocycles. The molecule has 0 aromatic carbocycles. The van der Waals surface area contributed by atoms with Crippen molar-refractivity contribution in [3.63, 3.8) is 0 Å². The molecule has 1 amide bonds. The Labute approximate surface area is 163 Å². The van der Waals surface area contributed by atoms with Crippen molar-refractivity contribution in [3.05, 3.63) is 11.8 Å². The minimum absolute atomic E-state index is 0.0340. The number of aromatic nitrogens is 2. The van der Waals surface area contributed by atoms with Gasteiger partial charge in [0.05, 0.1) is 5.69 Å². The van der Waals surface area contributed by atoms with Gasteiger partial charge < -0.3 is 10.2 Å². The van der Waals surface area contributed by atoms with Gasteiger partial charge in [-0.05, 0) is 44.9 Å². The van der Waals surface area contributed by atoms with Crippen LogP contribution in [0.5, 0.6) is 0 Å². The maximum Gasteiger partial charge on any atom is 0.410 e. The van der Waals surface area contributed by atoms with E-state index in [1.807, 2.05) is 4.90 Å². The van der Waals surface area contributed by atoms with Gasteiger partial charge >= 0.3 is 6.18 Å². The summed E-state index contributed by atoms with van der Waals surface area (Å²) in [5, 5.41) is 7.34. The molecule has 0 spiro atoms. The molecule has 1 aromatic heterocycles. The second kappa shape index (κ2) is 7.59. The van der Waals surface area contributed by atoms with E-state index in [9.17, 15) is 18.0 Å². The van der Waals surface area contributed by atoms with Crippen molar-refractivity contribution in [2.75, 3.05) is 18.4 Å². The van der Waals surface area contributed by atoms with Crippen LogP contribution in [0.3, 0.4) is 0 Å². The van der Waals surface area contributed by atoms with E-state index in [-0.39, 0.29) is 30.2 Å². The van der Waals surface area contributed by atoms with Gasteiger partial charge in [-0.25, -0.2) is 4.68 Å². The van der Waals surface area contributed by atoms with E-state index in [0.29, 0.717) is 18.1 Å². The standard InChI is InChI=1S/C20H29F3N4O/c1-13-10-18-24-16(11-17(20(21,22)23)27(18)25-13)15-8-5-9-26(12-15)19(28)14-6-3-2-4-7-14/h10,14-17,24H,2-9,11-12H2,1H3/t15?,16-,17+/m0/s1. The highest BCUT2D eigenvalue weighted by Crippen LogP contribution is 2.42. The number of nitrogens with one attached hydrogen (secondary N) is 1. The SMILES string of the molecule is Cc1cc2n(n1)[C@@H](C(F)(F)F)C[C@@H](C1CCCN(C(=O)C3CCCCC3)C1)N2. The zero-order valence-electron chi connectivity index (χ0n) is 16.3. The van der Waals surface area contributed by atoms with Crippen molar-refractivity contribution in [1.29, 1.82) is 0 Å². The van der Waals surface area contributed by atoms with E-state index in [1.165, 1.54) is 6.42 Å². The van der Waals surface area contributed by atoms with Crippen LogP contribution in [0.25, 0.3) is 0 Å². The van der Waals surface area contributed by atoms with Crippen molar-refractivity contribution in [3.8, 4) is 0 Å². The van der Waals surface area contributed by atoms with E-state index in [1.54, 1.807) is 13.0 Å². The average Bonchev–Trinajstić information content (AvgIpc) is 3.06. The minimum atomic E-state index is -4.33. The van der Waals surface area contributed by atoms with Crippen molar-refractivity contribution in [2.24, 2.45) is 11.8 Å². The van der Waals surface area contributed by atoms with Crippen LogP contribution in [0.15, 0.2) is 6.07 Å². The number of rotatable bonds is 2. The predicted octanol–water partition coefficient (Wildman–Crippen LogP) is 4.30. The van der Waals surface area contributed by atoms with Crippen LogP contribution in [0.4, 0.5) is 19.0 Å². The Kier molecular flexibility index (Phi) is 5.31.